The van der Waals surface area contributed by atoms with Crippen molar-refractivity contribution in [3.05, 3.63) is 97.1 Å². The first-order valence-electron chi connectivity index (χ1n) is 32.5. The molecule has 101 heavy (non-hydrogen) atoms. The van der Waals surface area contributed by atoms with E-state index in [0.29, 0.717) is 102 Å². The van der Waals surface area contributed by atoms with Gasteiger partial charge in [0.25, 0.3) is 0 Å². The van der Waals surface area contributed by atoms with Gasteiger partial charge in [-0.2, -0.15) is 0 Å². The van der Waals surface area contributed by atoms with Gasteiger partial charge in [-0.05, 0) is 149 Å². The normalized spacial score (nSPS) is 11.5. The number of benzene rings is 4. The summed E-state index contributed by atoms with van der Waals surface area (Å²) in [5.74, 6) is -3.90. The molecule has 4 aromatic rings. The van der Waals surface area contributed by atoms with E-state index in [4.69, 9.17) is 79.0 Å². The number of aliphatic hydroxyl groups is 4. The van der Waals surface area contributed by atoms with Crippen LogP contribution in [-0.4, -0.2) is 244 Å². The van der Waals surface area contributed by atoms with Crippen molar-refractivity contribution in [3.8, 4) is 46.0 Å². The van der Waals surface area contributed by atoms with Crippen LogP contribution in [-0.2, 0) is 38.4 Å². The van der Waals surface area contributed by atoms with Crippen LogP contribution in [0.15, 0.2) is 97.1 Å². The Morgan fingerprint density at radius 1 is 0.297 bits per heavy atom. The number of aromatic hydroxyl groups is 4. The van der Waals surface area contributed by atoms with E-state index in [1.807, 2.05) is 55.4 Å². The van der Waals surface area contributed by atoms with Crippen LogP contribution in [0.3, 0.4) is 0 Å². The van der Waals surface area contributed by atoms with Crippen LogP contribution in [0.5, 0.6) is 46.0 Å². The molecule has 572 valence electrons. The molecule has 0 saturated heterocycles. The fourth-order valence-corrected chi connectivity index (χ4v) is 6.77. The number of phenols is 4. The van der Waals surface area contributed by atoms with Gasteiger partial charge >= 0.3 is 23.9 Å². The van der Waals surface area contributed by atoms with Gasteiger partial charge in [0, 0.05) is 76.0 Å². The summed E-state index contributed by atoms with van der Waals surface area (Å²) in [4.78, 5) is 81.7. The molecule has 0 aromatic heterocycles. The summed E-state index contributed by atoms with van der Waals surface area (Å²) in [6.07, 6.45) is 0.790. The van der Waals surface area contributed by atoms with Crippen molar-refractivity contribution >= 4 is 47.5 Å². The molecule has 33 nitrogen and oxygen atoms in total. The quantitative estimate of drug-likeness (QED) is 0.0218. The number of aliphatic carboxylic acids is 4. The van der Waals surface area contributed by atoms with Gasteiger partial charge in [0.05, 0.1) is 0 Å². The Morgan fingerprint density at radius 2 is 0.455 bits per heavy atom. The number of hydrogen-bond acceptors (Lipinski definition) is 24. The highest BCUT2D eigenvalue weighted by Gasteiger charge is 2.12. The van der Waals surface area contributed by atoms with Crippen LogP contribution >= 0.6 is 0 Å². The maximum absolute atomic E-state index is 11.3. The second kappa shape index (κ2) is 59.5. The third-order valence-corrected chi connectivity index (χ3v) is 12.4. The van der Waals surface area contributed by atoms with E-state index in [2.05, 4.69) is 42.5 Å². The van der Waals surface area contributed by atoms with E-state index in [1.165, 1.54) is 48.5 Å². The minimum Gasteiger partial charge on any atom is -0.508 e. The Bertz CT molecular complexity index is 2460. The second-order valence-electron chi connectivity index (χ2n) is 23.1. The number of phenolic OH excluding ortho intramolecular Hbond substituents is 4. The molecule has 0 heterocycles. The third kappa shape index (κ3) is 58.2. The highest BCUT2D eigenvalue weighted by Crippen LogP contribution is 2.19. The molecule has 33 heteroatoms. The summed E-state index contributed by atoms with van der Waals surface area (Å²) in [6, 6.07) is 25.4. The molecule has 0 spiro atoms. The summed E-state index contributed by atoms with van der Waals surface area (Å²) < 4.78 is 21.6. The number of rotatable bonds is 40. The fraction of sp³-hybridized carbons (Fsp3) is 0.529. The Morgan fingerprint density at radius 3 is 0.594 bits per heavy atom. The number of nitrogens with one attached hydrogen (secondary N) is 8. The zero-order chi connectivity index (χ0) is 75.8. The summed E-state index contributed by atoms with van der Waals surface area (Å²) in [5, 5.41) is 129. The van der Waals surface area contributed by atoms with Crippen molar-refractivity contribution in [2.45, 2.75) is 105 Å². The smallest absolute Gasteiger partial charge is 0.414 e. The van der Waals surface area contributed by atoms with E-state index in [9.17, 15) is 39.6 Å². The van der Waals surface area contributed by atoms with Crippen LogP contribution in [0.4, 0.5) is 0 Å². The number of carboxylic acid groups (broad SMARTS) is 4. The van der Waals surface area contributed by atoms with Crippen molar-refractivity contribution in [3.63, 3.8) is 0 Å². The number of carbonyl (C=O) groups excluding carboxylic acids is 4. The molecule has 0 aliphatic carbocycles. The largest absolute Gasteiger partial charge is 0.508 e. The maximum atomic E-state index is 11.3. The SMILES string of the molecule is CC(C)C(=O)NCCCNCC(O)COc1ccc(O)cc1.CC(C)C(=O)NCCCNCC(O)COc1ccc(O)cc1.CC(C)C(=O)NCCCNCC(O)COc1ccc(O)cc1.CC(C)C(=O)NCCCNCC(O)COc1ccc(O)cc1.O.O=C(O)C(=O)O.O=C(O)C(=O)O. The van der Waals surface area contributed by atoms with Crippen molar-refractivity contribution in [2.75, 3.05) is 105 Å². The van der Waals surface area contributed by atoms with Gasteiger partial charge in [-0.25, -0.2) is 19.2 Å². The average molecular weight is 1440 g/mol. The number of amides is 4. The summed E-state index contributed by atoms with van der Waals surface area (Å²) >= 11 is 0. The first kappa shape index (κ1) is 95.9. The van der Waals surface area contributed by atoms with Crippen LogP contribution < -0.4 is 61.5 Å². The lowest BCUT2D eigenvalue weighted by Gasteiger charge is -2.13. The number of carboxylic acids is 4. The molecule has 0 bridgehead atoms. The first-order chi connectivity index (χ1) is 47.2. The summed E-state index contributed by atoms with van der Waals surface area (Å²) in [6.45, 7) is 22.7. The molecule has 4 atom stereocenters. The van der Waals surface area contributed by atoms with E-state index >= 15 is 0 Å². The number of ether oxygens (including phenoxy) is 4. The molecule has 4 unspecified atom stereocenters. The second-order valence-corrected chi connectivity index (χ2v) is 23.1. The van der Waals surface area contributed by atoms with Gasteiger partial charge in [0.2, 0.25) is 23.6 Å². The summed E-state index contributed by atoms with van der Waals surface area (Å²) in [7, 11) is 0. The molecule has 0 radical (unpaired) electrons. The Balaban J connectivity index is -0.00000119. The molecule has 4 aromatic carbocycles. The van der Waals surface area contributed by atoms with Gasteiger partial charge in [-0.3, -0.25) is 19.2 Å². The molecular weight excluding hydrogens is 1330 g/mol. The van der Waals surface area contributed by atoms with E-state index in [1.54, 1.807) is 48.5 Å². The lowest BCUT2D eigenvalue weighted by Crippen LogP contribution is -2.34. The zero-order valence-electron chi connectivity index (χ0n) is 58.8. The Labute approximate surface area is 589 Å². The Kier molecular flexibility index (Phi) is 56.5. The van der Waals surface area contributed by atoms with Gasteiger partial charge in [0.15, 0.2) is 0 Å². The van der Waals surface area contributed by atoms with Gasteiger partial charge in [0.1, 0.15) is 96.8 Å². The van der Waals surface area contributed by atoms with Gasteiger partial charge < -0.3 is 128 Å². The molecule has 22 N–H and O–H groups in total. The molecule has 0 fully saturated rings. The number of aliphatic hydroxyl groups excluding tert-OH is 4. The van der Waals surface area contributed by atoms with E-state index in [-0.39, 0.29) is 102 Å². The molecule has 0 aliphatic heterocycles. The van der Waals surface area contributed by atoms with Gasteiger partial charge in [-0.1, -0.05) is 55.4 Å². The lowest BCUT2D eigenvalue weighted by atomic mass is 10.2. The summed E-state index contributed by atoms with van der Waals surface area (Å²) in [5.41, 5.74) is 0. The highest BCUT2D eigenvalue weighted by atomic mass is 16.5. The first-order valence-corrected chi connectivity index (χ1v) is 32.5. The molecule has 4 amide bonds. The van der Waals surface area contributed by atoms with Gasteiger partial charge in [-0.15, -0.1) is 0 Å². The standard InChI is InChI=1S/4C16H26N2O4.2C2H2O4.H2O/c4*1-12(2)16(21)18-9-3-8-17-10-14(20)11-22-15-6-4-13(19)5-7-15;2*3-1(4)2(5)6;/h4*4-7,12,14,17,19-20H,3,8-11H2,1-2H3,(H,18,21);2*(H,3,4)(H,5,6);1H2. The predicted octanol–water partition coefficient (Wildman–Crippen LogP) is 1.02. The number of carbonyl (C=O) groups is 8. The average Bonchev–Trinajstić information content (AvgIpc) is 1.03. The third-order valence-electron chi connectivity index (χ3n) is 12.4. The van der Waals surface area contributed by atoms with Crippen LogP contribution in [0.2, 0.25) is 0 Å². The fourth-order valence-electron chi connectivity index (χ4n) is 6.77. The predicted molar refractivity (Wildman–Crippen MR) is 374 cm³/mol. The van der Waals surface area contributed by atoms with Crippen molar-refractivity contribution < 1.29 is 124 Å². The minimum absolute atomic E-state index is 0. The van der Waals surface area contributed by atoms with Crippen molar-refractivity contribution in [2.24, 2.45) is 23.7 Å². The van der Waals surface area contributed by atoms with Crippen molar-refractivity contribution in [1.29, 1.82) is 0 Å². The molecule has 0 saturated carbocycles. The van der Waals surface area contributed by atoms with Crippen LogP contribution in [0.1, 0.15) is 81.1 Å². The Hall–Kier alpha value is -9.32. The minimum atomic E-state index is -1.82. The van der Waals surface area contributed by atoms with Crippen molar-refractivity contribution in [1.82, 2.24) is 42.5 Å². The number of hydrogen-bond donors (Lipinski definition) is 20. The zero-order valence-corrected chi connectivity index (χ0v) is 58.8. The highest BCUT2D eigenvalue weighted by molar-refractivity contribution is 6.27. The molecular formula is C68H110N8O25. The molecule has 0 aliphatic rings. The maximum Gasteiger partial charge on any atom is 0.414 e. The van der Waals surface area contributed by atoms with Crippen LogP contribution in [0.25, 0.3) is 0 Å². The van der Waals surface area contributed by atoms with E-state index in [0.717, 1.165) is 25.7 Å². The van der Waals surface area contributed by atoms with Crippen LogP contribution in [0, 0.1) is 23.7 Å². The topological polar surface area (TPSA) is 544 Å². The van der Waals surface area contributed by atoms with E-state index < -0.39 is 48.3 Å². The lowest BCUT2D eigenvalue weighted by molar-refractivity contribution is -0.159. The monoisotopic (exact) mass is 1440 g/mol. The molecule has 4 rings (SSSR count).